The van der Waals surface area contributed by atoms with Crippen LogP contribution in [0.3, 0.4) is 0 Å². The van der Waals surface area contributed by atoms with E-state index in [1.807, 2.05) is 32.0 Å². The molecule has 1 atom stereocenters. The van der Waals surface area contributed by atoms with E-state index in [9.17, 15) is 14.9 Å². The van der Waals surface area contributed by atoms with E-state index < -0.39 is 11.0 Å². The Hall–Kier alpha value is -2.89. The van der Waals surface area contributed by atoms with Gasteiger partial charge < -0.3 is 10.1 Å². The van der Waals surface area contributed by atoms with E-state index in [1.165, 1.54) is 12.1 Å². The maximum Gasteiger partial charge on any atom is 0.271 e. The molecule has 6 heteroatoms. The predicted molar refractivity (Wildman–Crippen MR) is 92.5 cm³/mol. The van der Waals surface area contributed by atoms with Crippen LogP contribution in [0.2, 0.25) is 0 Å². The second-order valence-corrected chi connectivity index (χ2v) is 5.70. The molecular formula is C18H20N2O4. The molecule has 1 amide bonds. The number of nitro groups is 1. The van der Waals surface area contributed by atoms with Crippen molar-refractivity contribution in [1.82, 2.24) is 0 Å². The number of ether oxygens (including phenoxy) is 1. The number of anilines is 1. The first kappa shape index (κ1) is 17.5. The lowest BCUT2D eigenvalue weighted by atomic mass is 10.1. The normalized spacial score (nSPS) is 11.7. The van der Waals surface area contributed by atoms with Crippen LogP contribution in [0.5, 0.6) is 5.75 Å². The Bertz CT molecular complexity index is 787. The highest BCUT2D eigenvalue weighted by Crippen LogP contribution is 2.24. The molecule has 0 radical (unpaired) electrons. The molecule has 2 aromatic rings. The number of rotatable bonds is 5. The average molecular weight is 328 g/mol. The van der Waals surface area contributed by atoms with Crippen LogP contribution in [0, 0.1) is 30.9 Å². The molecule has 0 spiro atoms. The smallest absolute Gasteiger partial charge is 0.271 e. The number of non-ortho nitro benzene ring substituents is 1. The molecule has 0 aliphatic carbocycles. The van der Waals surface area contributed by atoms with E-state index in [4.69, 9.17) is 4.74 Å². The summed E-state index contributed by atoms with van der Waals surface area (Å²) in [6, 6.07) is 10.00. The Labute approximate surface area is 140 Å². The lowest BCUT2D eigenvalue weighted by Gasteiger charge is -2.17. The van der Waals surface area contributed by atoms with Gasteiger partial charge in [-0.15, -0.1) is 0 Å². The molecule has 0 aliphatic rings. The molecular weight excluding hydrogens is 308 g/mol. The Balaban J connectivity index is 2.13. The van der Waals surface area contributed by atoms with Gasteiger partial charge in [-0.25, -0.2) is 0 Å². The summed E-state index contributed by atoms with van der Waals surface area (Å²) in [5.74, 6) is 0.285. The summed E-state index contributed by atoms with van der Waals surface area (Å²) < 4.78 is 5.73. The van der Waals surface area contributed by atoms with E-state index in [2.05, 4.69) is 5.32 Å². The van der Waals surface area contributed by atoms with Crippen LogP contribution < -0.4 is 10.1 Å². The first-order valence-electron chi connectivity index (χ1n) is 7.58. The lowest BCUT2D eigenvalue weighted by Crippen LogP contribution is -2.30. The third-order valence-electron chi connectivity index (χ3n) is 3.92. The van der Waals surface area contributed by atoms with Gasteiger partial charge in [0.05, 0.1) is 10.6 Å². The van der Waals surface area contributed by atoms with Crippen molar-refractivity contribution < 1.29 is 14.5 Å². The Morgan fingerprint density at radius 1 is 1.17 bits per heavy atom. The Morgan fingerprint density at radius 2 is 1.88 bits per heavy atom. The zero-order valence-corrected chi connectivity index (χ0v) is 14.1. The fraction of sp³-hybridized carbons (Fsp3) is 0.278. The third-order valence-corrected chi connectivity index (χ3v) is 3.92. The second-order valence-electron chi connectivity index (χ2n) is 5.70. The molecule has 24 heavy (non-hydrogen) atoms. The van der Waals surface area contributed by atoms with Crippen molar-refractivity contribution in [2.75, 3.05) is 5.32 Å². The van der Waals surface area contributed by atoms with Crippen molar-refractivity contribution in [2.45, 2.75) is 33.8 Å². The number of nitro benzene ring substituents is 1. The van der Waals surface area contributed by atoms with Gasteiger partial charge in [-0.05, 0) is 50.5 Å². The van der Waals surface area contributed by atoms with Crippen molar-refractivity contribution in [1.29, 1.82) is 0 Å². The fourth-order valence-electron chi connectivity index (χ4n) is 2.19. The summed E-state index contributed by atoms with van der Waals surface area (Å²) in [6.07, 6.45) is -0.732. The highest BCUT2D eigenvalue weighted by atomic mass is 16.6. The van der Waals surface area contributed by atoms with Crippen molar-refractivity contribution in [3.05, 3.63) is 63.2 Å². The lowest BCUT2D eigenvalue weighted by molar-refractivity contribution is -0.384. The van der Waals surface area contributed by atoms with E-state index >= 15 is 0 Å². The molecule has 0 unspecified atom stereocenters. The summed E-state index contributed by atoms with van der Waals surface area (Å²) in [5, 5.41) is 13.6. The van der Waals surface area contributed by atoms with Gasteiger partial charge in [0.15, 0.2) is 6.10 Å². The van der Waals surface area contributed by atoms with Crippen molar-refractivity contribution in [3.63, 3.8) is 0 Å². The van der Waals surface area contributed by atoms with E-state index in [-0.39, 0.29) is 11.6 Å². The number of carbonyl (C=O) groups excluding carboxylic acids is 1. The van der Waals surface area contributed by atoms with Gasteiger partial charge in [-0.2, -0.15) is 0 Å². The minimum Gasteiger partial charge on any atom is -0.481 e. The van der Waals surface area contributed by atoms with Gasteiger partial charge in [-0.3, -0.25) is 14.9 Å². The molecule has 0 fully saturated rings. The number of nitrogens with one attached hydrogen (secondary N) is 1. The first-order chi connectivity index (χ1) is 11.3. The maximum absolute atomic E-state index is 12.3. The van der Waals surface area contributed by atoms with Gasteiger partial charge in [0, 0.05) is 12.1 Å². The predicted octanol–water partition coefficient (Wildman–Crippen LogP) is 3.93. The molecule has 0 aromatic heterocycles. The Morgan fingerprint density at radius 3 is 2.54 bits per heavy atom. The quantitative estimate of drug-likeness (QED) is 0.666. The largest absolute Gasteiger partial charge is 0.481 e. The highest BCUT2D eigenvalue weighted by molar-refractivity contribution is 5.95. The zero-order valence-electron chi connectivity index (χ0n) is 14.1. The molecule has 2 aromatic carbocycles. The van der Waals surface area contributed by atoms with E-state index in [0.717, 1.165) is 16.7 Å². The number of aryl methyl sites for hydroxylation is 2. The zero-order chi connectivity index (χ0) is 17.9. The summed E-state index contributed by atoms with van der Waals surface area (Å²) in [6.45, 7) is 7.32. The van der Waals surface area contributed by atoms with Gasteiger partial charge in [0.1, 0.15) is 5.75 Å². The molecule has 126 valence electrons. The van der Waals surface area contributed by atoms with Crippen LogP contribution in [0.1, 0.15) is 23.6 Å². The van der Waals surface area contributed by atoms with Gasteiger partial charge in [0.25, 0.3) is 11.6 Å². The number of benzene rings is 2. The van der Waals surface area contributed by atoms with Gasteiger partial charge >= 0.3 is 0 Å². The van der Waals surface area contributed by atoms with Crippen molar-refractivity contribution in [2.24, 2.45) is 0 Å². The summed E-state index contributed by atoms with van der Waals surface area (Å²) in [7, 11) is 0. The summed E-state index contributed by atoms with van der Waals surface area (Å²) in [5.41, 5.74) is 3.14. The SMILES string of the molecule is Cc1ccc([N+](=O)[O-])cc1NC(=O)[C@H](C)Oc1cccc(C)c1C. The highest BCUT2D eigenvalue weighted by Gasteiger charge is 2.18. The van der Waals surface area contributed by atoms with Crippen LogP contribution in [0.25, 0.3) is 0 Å². The molecule has 0 bridgehead atoms. The summed E-state index contributed by atoms with van der Waals surface area (Å²) >= 11 is 0. The molecule has 1 N–H and O–H groups in total. The average Bonchev–Trinajstić information content (AvgIpc) is 2.53. The number of nitrogens with zero attached hydrogens (tertiary/aromatic N) is 1. The second kappa shape index (κ2) is 7.12. The standard InChI is InChI=1S/C18H20N2O4/c1-11-6-5-7-17(13(11)3)24-14(4)18(21)19-16-10-15(20(22)23)9-8-12(16)2/h5-10,14H,1-4H3,(H,19,21)/t14-/m0/s1. The molecule has 2 rings (SSSR count). The van der Waals surface area contributed by atoms with Gasteiger partial charge in [-0.1, -0.05) is 18.2 Å². The third kappa shape index (κ3) is 3.90. The fourth-order valence-corrected chi connectivity index (χ4v) is 2.19. The first-order valence-corrected chi connectivity index (χ1v) is 7.58. The number of carbonyl (C=O) groups is 1. The molecule has 0 saturated carbocycles. The summed E-state index contributed by atoms with van der Waals surface area (Å²) in [4.78, 5) is 22.7. The van der Waals surface area contributed by atoms with Crippen molar-refractivity contribution in [3.8, 4) is 5.75 Å². The van der Waals surface area contributed by atoms with E-state index in [0.29, 0.717) is 11.4 Å². The van der Waals surface area contributed by atoms with Crippen LogP contribution in [0.4, 0.5) is 11.4 Å². The Kier molecular flexibility index (Phi) is 5.18. The molecule has 0 heterocycles. The monoisotopic (exact) mass is 328 g/mol. The van der Waals surface area contributed by atoms with Crippen LogP contribution >= 0.6 is 0 Å². The minimum atomic E-state index is -0.732. The topological polar surface area (TPSA) is 81.5 Å². The molecule has 6 nitrogen and oxygen atoms in total. The van der Waals surface area contributed by atoms with Crippen LogP contribution in [-0.2, 0) is 4.79 Å². The maximum atomic E-state index is 12.3. The number of hydrogen-bond acceptors (Lipinski definition) is 4. The number of hydrogen-bond donors (Lipinski definition) is 1. The minimum absolute atomic E-state index is 0.0704. The molecule has 0 aliphatic heterocycles. The number of amides is 1. The van der Waals surface area contributed by atoms with E-state index in [1.54, 1.807) is 19.9 Å². The van der Waals surface area contributed by atoms with Crippen LogP contribution in [0.15, 0.2) is 36.4 Å². The van der Waals surface area contributed by atoms with Crippen molar-refractivity contribution >= 4 is 17.3 Å². The van der Waals surface area contributed by atoms with Crippen LogP contribution in [-0.4, -0.2) is 16.9 Å². The van der Waals surface area contributed by atoms with Gasteiger partial charge in [0.2, 0.25) is 0 Å². The molecule has 0 saturated heterocycles.